The van der Waals surface area contributed by atoms with Crippen LogP contribution in [0.15, 0.2) is 188 Å². The lowest BCUT2D eigenvalue weighted by Crippen LogP contribution is -2.00. The first-order chi connectivity index (χ1) is 24.7. The Labute approximate surface area is 291 Å². The fraction of sp³-hybridized carbons (Fsp3) is 0. The third-order valence-electron chi connectivity index (χ3n) is 9.34. The summed E-state index contributed by atoms with van der Waals surface area (Å²) in [7, 11) is 0. The van der Waals surface area contributed by atoms with Gasteiger partial charge in [-0.3, -0.25) is 0 Å². The zero-order chi connectivity index (χ0) is 33.3. The van der Waals surface area contributed by atoms with Crippen LogP contribution in [0.4, 0.5) is 0 Å². The van der Waals surface area contributed by atoms with E-state index in [-0.39, 0.29) is 0 Å². The van der Waals surface area contributed by atoms with E-state index in [2.05, 4.69) is 176 Å². The molecule has 3 heteroatoms. The van der Waals surface area contributed by atoms with Gasteiger partial charge in [-0.25, -0.2) is 15.0 Å². The zero-order valence-electron chi connectivity index (χ0n) is 27.2. The number of nitrogens with zero attached hydrogens (tertiary/aromatic N) is 3. The Morgan fingerprint density at radius 1 is 0.240 bits per heavy atom. The van der Waals surface area contributed by atoms with Gasteiger partial charge in [-0.15, -0.1) is 0 Å². The van der Waals surface area contributed by atoms with E-state index in [0.29, 0.717) is 17.5 Å². The van der Waals surface area contributed by atoms with Gasteiger partial charge in [0.1, 0.15) is 0 Å². The van der Waals surface area contributed by atoms with E-state index in [1.165, 1.54) is 27.5 Å². The predicted octanol–water partition coefficient (Wildman–Crippen LogP) is 12.2. The lowest BCUT2D eigenvalue weighted by Gasteiger charge is -2.12. The van der Waals surface area contributed by atoms with Crippen molar-refractivity contribution in [3.05, 3.63) is 188 Å². The van der Waals surface area contributed by atoms with Crippen LogP contribution >= 0.6 is 0 Å². The molecule has 0 aliphatic heterocycles. The molecule has 9 aromatic rings. The number of hydrogen-bond donors (Lipinski definition) is 0. The van der Waals surface area contributed by atoms with Crippen molar-refractivity contribution in [2.24, 2.45) is 0 Å². The van der Waals surface area contributed by atoms with Crippen molar-refractivity contribution in [3.63, 3.8) is 0 Å². The lowest BCUT2D eigenvalue weighted by atomic mass is 9.96. The van der Waals surface area contributed by atoms with Gasteiger partial charge in [0.15, 0.2) is 17.5 Å². The molecule has 0 aliphatic carbocycles. The highest BCUT2D eigenvalue weighted by atomic mass is 15.0. The number of benzene rings is 8. The Kier molecular flexibility index (Phi) is 7.49. The fourth-order valence-corrected chi connectivity index (χ4v) is 6.66. The largest absolute Gasteiger partial charge is 0.208 e. The average molecular weight is 638 g/mol. The molecule has 0 aliphatic rings. The molecule has 0 bridgehead atoms. The van der Waals surface area contributed by atoms with Crippen LogP contribution in [0, 0.1) is 0 Å². The molecule has 50 heavy (non-hydrogen) atoms. The second-order valence-electron chi connectivity index (χ2n) is 12.5. The standard InChI is InChI=1S/C47H31N3/c1-3-10-32(11-4-1)35-18-24-38(25-19-35)45-48-46(39-26-20-36(21-27-39)33-12-5-2-6-13-33)50-47(49-45)43-17-9-16-37-23-29-42(31-44(37)43)41-28-22-34-14-7-8-15-40(34)30-41/h1-31H. The first-order valence-electron chi connectivity index (χ1n) is 16.9. The lowest BCUT2D eigenvalue weighted by molar-refractivity contribution is 1.08. The quantitative estimate of drug-likeness (QED) is 0.182. The van der Waals surface area contributed by atoms with Crippen LogP contribution in [0.3, 0.4) is 0 Å². The molecule has 0 atom stereocenters. The minimum atomic E-state index is 0.638. The first-order valence-corrected chi connectivity index (χ1v) is 16.9. The second kappa shape index (κ2) is 12.7. The van der Waals surface area contributed by atoms with Crippen LogP contribution in [-0.2, 0) is 0 Å². The van der Waals surface area contributed by atoms with E-state index in [1.54, 1.807) is 0 Å². The molecule has 1 heterocycles. The molecule has 3 nitrogen and oxygen atoms in total. The van der Waals surface area contributed by atoms with Gasteiger partial charge in [-0.2, -0.15) is 0 Å². The highest BCUT2D eigenvalue weighted by Gasteiger charge is 2.15. The normalized spacial score (nSPS) is 11.2. The highest BCUT2D eigenvalue weighted by molar-refractivity contribution is 5.99. The summed E-state index contributed by atoms with van der Waals surface area (Å²) in [5.74, 6) is 1.92. The molecule has 1 aromatic heterocycles. The van der Waals surface area contributed by atoms with Crippen LogP contribution in [0.25, 0.3) is 89.1 Å². The summed E-state index contributed by atoms with van der Waals surface area (Å²) in [6.45, 7) is 0. The summed E-state index contributed by atoms with van der Waals surface area (Å²) in [6, 6.07) is 65.9. The fourth-order valence-electron chi connectivity index (χ4n) is 6.66. The summed E-state index contributed by atoms with van der Waals surface area (Å²) in [6.07, 6.45) is 0. The third kappa shape index (κ3) is 5.72. The van der Waals surface area contributed by atoms with E-state index in [4.69, 9.17) is 15.0 Å². The minimum Gasteiger partial charge on any atom is -0.208 e. The molecular weight excluding hydrogens is 607 g/mol. The van der Waals surface area contributed by atoms with Crippen LogP contribution in [-0.4, -0.2) is 15.0 Å². The van der Waals surface area contributed by atoms with Crippen molar-refractivity contribution in [3.8, 4) is 67.5 Å². The van der Waals surface area contributed by atoms with Crippen molar-refractivity contribution in [1.29, 1.82) is 0 Å². The van der Waals surface area contributed by atoms with Gasteiger partial charge in [0, 0.05) is 16.7 Å². The van der Waals surface area contributed by atoms with Crippen LogP contribution in [0.2, 0.25) is 0 Å². The monoisotopic (exact) mass is 637 g/mol. The molecule has 0 fully saturated rings. The summed E-state index contributed by atoms with van der Waals surface area (Å²) in [5, 5.41) is 4.69. The molecule has 9 rings (SSSR count). The predicted molar refractivity (Wildman–Crippen MR) is 207 cm³/mol. The van der Waals surface area contributed by atoms with E-state index in [9.17, 15) is 0 Å². The van der Waals surface area contributed by atoms with Crippen molar-refractivity contribution >= 4 is 21.5 Å². The minimum absolute atomic E-state index is 0.638. The molecular formula is C47H31N3. The summed E-state index contributed by atoms with van der Waals surface area (Å²) < 4.78 is 0. The molecule has 8 aromatic carbocycles. The maximum atomic E-state index is 5.14. The van der Waals surface area contributed by atoms with Crippen molar-refractivity contribution in [1.82, 2.24) is 15.0 Å². The van der Waals surface area contributed by atoms with Gasteiger partial charge >= 0.3 is 0 Å². The van der Waals surface area contributed by atoms with Crippen molar-refractivity contribution in [2.75, 3.05) is 0 Å². The number of fused-ring (bicyclic) bond motifs is 2. The maximum Gasteiger partial charge on any atom is 0.164 e. The van der Waals surface area contributed by atoms with Gasteiger partial charge in [0.2, 0.25) is 0 Å². The molecule has 0 spiro atoms. The molecule has 234 valence electrons. The van der Waals surface area contributed by atoms with Crippen LogP contribution in [0.1, 0.15) is 0 Å². The number of hydrogen-bond acceptors (Lipinski definition) is 3. The first kappa shape index (κ1) is 29.4. The number of aromatic nitrogens is 3. The van der Waals surface area contributed by atoms with Gasteiger partial charge in [-0.05, 0) is 67.1 Å². The van der Waals surface area contributed by atoms with Crippen molar-refractivity contribution in [2.45, 2.75) is 0 Å². The highest BCUT2D eigenvalue weighted by Crippen LogP contribution is 2.34. The Balaban J connectivity index is 1.18. The Bertz CT molecular complexity index is 2510. The SMILES string of the molecule is c1ccc(-c2ccc(-c3nc(-c4ccc(-c5ccccc5)cc4)nc(-c4cccc5ccc(-c6ccc7ccccc7c6)cc45)n3)cc2)cc1. The summed E-state index contributed by atoms with van der Waals surface area (Å²) in [5.41, 5.74) is 9.82. The maximum absolute atomic E-state index is 5.14. The second-order valence-corrected chi connectivity index (χ2v) is 12.5. The molecule has 0 saturated heterocycles. The Morgan fingerprint density at radius 2 is 0.660 bits per heavy atom. The molecule has 0 saturated carbocycles. The van der Waals surface area contributed by atoms with Gasteiger partial charge in [0.05, 0.1) is 0 Å². The van der Waals surface area contributed by atoms with Crippen LogP contribution < -0.4 is 0 Å². The molecule has 0 amide bonds. The summed E-state index contributed by atoms with van der Waals surface area (Å²) in [4.78, 5) is 15.3. The van der Waals surface area contributed by atoms with Gasteiger partial charge in [-0.1, -0.05) is 176 Å². The van der Waals surface area contributed by atoms with E-state index in [1.807, 2.05) is 12.1 Å². The average Bonchev–Trinajstić information content (AvgIpc) is 3.21. The molecule has 0 N–H and O–H groups in total. The van der Waals surface area contributed by atoms with Gasteiger partial charge < -0.3 is 0 Å². The Morgan fingerprint density at radius 3 is 1.26 bits per heavy atom. The van der Waals surface area contributed by atoms with E-state index < -0.39 is 0 Å². The van der Waals surface area contributed by atoms with Crippen LogP contribution in [0.5, 0.6) is 0 Å². The third-order valence-corrected chi connectivity index (χ3v) is 9.34. The topological polar surface area (TPSA) is 38.7 Å². The molecule has 0 radical (unpaired) electrons. The smallest absolute Gasteiger partial charge is 0.164 e. The summed E-state index contributed by atoms with van der Waals surface area (Å²) >= 11 is 0. The van der Waals surface area contributed by atoms with Crippen molar-refractivity contribution < 1.29 is 0 Å². The van der Waals surface area contributed by atoms with Gasteiger partial charge in [0.25, 0.3) is 0 Å². The van der Waals surface area contributed by atoms with E-state index >= 15 is 0 Å². The molecule has 0 unspecified atom stereocenters. The number of rotatable bonds is 6. The van der Waals surface area contributed by atoms with E-state index in [0.717, 1.165) is 44.2 Å². The Hall–Kier alpha value is -6.71. The zero-order valence-corrected chi connectivity index (χ0v) is 27.2.